The van der Waals surface area contributed by atoms with E-state index in [1.54, 1.807) is 24.3 Å². The maximum atomic E-state index is 10.2. The van der Waals surface area contributed by atoms with E-state index in [-0.39, 0.29) is 6.61 Å². The summed E-state index contributed by atoms with van der Waals surface area (Å²) in [7, 11) is 0. The highest BCUT2D eigenvalue weighted by molar-refractivity contribution is 5.68. The summed E-state index contributed by atoms with van der Waals surface area (Å²) in [4.78, 5) is 20.3. The number of aldehydes is 1. The number of hydrogen-bond acceptors (Lipinski definition) is 3. The smallest absolute Gasteiger partial charge is 0.341 e. The third-order valence-corrected chi connectivity index (χ3v) is 1.60. The highest BCUT2D eigenvalue weighted by atomic mass is 16.5. The van der Waals surface area contributed by atoms with Crippen molar-refractivity contribution in [3.05, 3.63) is 29.8 Å². The van der Waals surface area contributed by atoms with Gasteiger partial charge < -0.3 is 14.6 Å². The third kappa shape index (κ3) is 3.26. The second-order valence-corrected chi connectivity index (χ2v) is 2.70. The van der Waals surface area contributed by atoms with E-state index in [0.29, 0.717) is 12.2 Å². The molecule has 4 nitrogen and oxygen atoms in total. The number of carboxylic acid groups (broad SMARTS) is 1. The first-order valence-electron chi connectivity index (χ1n) is 4.09. The lowest BCUT2D eigenvalue weighted by atomic mass is 10.2. The van der Waals surface area contributed by atoms with E-state index in [0.717, 1.165) is 11.8 Å². The molecule has 4 heteroatoms. The van der Waals surface area contributed by atoms with Crippen LogP contribution >= 0.6 is 0 Å². The Labute approximate surface area is 81.1 Å². The monoisotopic (exact) mass is 194 g/mol. The molecule has 74 valence electrons. The first-order chi connectivity index (χ1) is 6.72. The van der Waals surface area contributed by atoms with Crippen LogP contribution in [0, 0.1) is 0 Å². The normalized spacial score (nSPS) is 9.43. The van der Waals surface area contributed by atoms with Crippen LogP contribution < -0.4 is 4.74 Å². The van der Waals surface area contributed by atoms with Gasteiger partial charge in [0.2, 0.25) is 0 Å². The van der Waals surface area contributed by atoms with Crippen molar-refractivity contribution in [2.24, 2.45) is 0 Å². The van der Waals surface area contributed by atoms with E-state index in [2.05, 4.69) is 0 Å². The van der Waals surface area contributed by atoms with Gasteiger partial charge in [0.1, 0.15) is 12.0 Å². The van der Waals surface area contributed by atoms with Crippen LogP contribution in [0.15, 0.2) is 24.3 Å². The van der Waals surface area contributed by atoms with Crippen LogP contribution in [-0.4, -0.2) is 24.0 Å². The van der Waals surface area contributed by atoms with Gasteiger partial charge in [-0.25, -0.2) is 4.79 Å². The molecule has 0 radical (unpaired) electrons. The number of benzene rings is 1. The van der Waals surface area contributed by atoms with Crippen molar-refractivity contribution in [1.29, 1.82) is 0 Å². The lowest BCUT2D eigenvalue weighted by Gasteiger charge is -2.02. The average Bonchev–Trinajstić information content (AvgIpc) is 2.17. The van der Waals surface area contributed by atoms with Gasteiger partial charge in [-0.15, -0.1) is 0 Å². The number of carboxylic acids is 1. The number of ether oxygens (including phenoxy) is 1. The summed E-state index contributed by atoms with van der Waals surface area (Å²) >= 11 is 0. The maximum Gasteiger partial charge on any atom is 0.341 e. The number of carbonyl (C=O) groups is 2. The first kappa shape index (κ1) is 10.2. The van der Waals surface area contributed by atoms with Gasteiger partial charge in [-0.3, -0.25) is 0 Å². The molecular weight excluding hydrogens is 184 g/mol. The summed E-state index contributed by atoms with van der Waals surface area (Å²) in [5.41, 5.74) is 0.877. The minimum absolute atomic E-state index is 0.354. The van der Waals surface area contributed by atoms with E-state index in [1.165, 1.54) is 0 Å². The predicted molar refractivity (Wildman–Crippen MR) is 49.3 cm³/mol. The molecule has 0 bridgehead atoms. The summed E-state index contributed by atoms with van der Waals surface area (Å²) in [6.07, 6.45) is 1.17. The molecule has 0 heterocycles. The Morgan fingerprint density at radius 1 is 1.36 bits per heavy atom. The zero-order chi connectivity index (χ0) is 10.4. The van der Waals surface area contributed by atoms with Gasteiger partial charge in [-0.1, -0.05) is 12.1 Å². The van der Waals surface area contributed by atoms with Crippen molar-refractivity contribution in [2.45, 2.75) is 6.42 Å². The lowest BCUT2D eigenvalue weighted by Crippen LogP contribution is -2.09. The Hall–Kier alpha value is -1.84. The second-order valence-electron chi connectivity index (χ2n) is 2.70. The summed E-state index contributed by atoms with van der Waals surface area (Å²) < 4.78 is 4.91. The minimum Gasteiger partial charge on any atom is -0.482 e. The average molecular weight is 194 g/mol. The van der Waals surface area contributed by atoms with Gasteiger partial charge >= 0.3 is 5.97 Å². The van der Waals surface area contributed by atoms with Crippen LogP contribution in [0.4, 0.5) is 0 Å². The fourth-order valence-corrected chi connectivity index (χ4v) is 0.963. The number of aliphatic carboxylic acids is 1. The molecule has 0 aliphatic carbocycles. The predicted octanol–water partition coefficient (Wildman–Crippen LogP) is 0.891. The molecule has 0 saturated heterocycles. The van der Waals surface area contributed by atoms with Gasteiger partial charge in [0.15, 0.2) is 6.61 Å². The molecule has 0 aliphatic heterocycles. The standard InChI is InChI=1S/C10H10O4/c11-6-5-8-1-3-9(4-2-8)14-7-10(12)13/h1-4,6H,5,7H2,(H,12,13). The Morgan fingerprint density at radius 3 is 2.50 bits per heavy atom. The van der Waals surface area contributed by atoms with Crippen LogP contribution in [0.3, 0.4) is 0 Å². The van der Waals surface area contributed by atoms with Crippen molar-refractivity contribution in [3.8, 4) is 5.75 Å². The second kappa shape index (κ2) is 5.01. The van der Waals surface area contributed by atoms with Crippen molar-refractivity contribution in [1.82, 2.24) is 0 Å². The fourth-order valence-electron chi connectivity index (χ4n) is 0.963. The molecule has 1 rings (SSSR count). The summed E-state index contributed by atoms with van der Waals surface area (Å²) in [5, 5.41) is 8.34. The molecule has 0 amide bonds. The lowest BCUT2D eigenvalue weighted by molar-refractivity contribution is -0.139. The number of rotatable bonds is 5. The zero-order valence-corrected chi connectivity index (χ0v) is 7.47. The zero-order valence-electron chi connectivity index (χ0n) is 7.47. The topological polar surface area (TPSA) is 63.6 Å². The Bertz CT molecular complexity index is 315. The van der Waals surface area contributed by atoms with E-state index in [4.69, 9.17) is 9.84 Å². The number of hydrogen-bond donors (Lipinski definition) is 1. The van der Waals surface area contributed by atoms with Crippen molar-refractivity contribution in [2.75, 3.05) is 6.61 Å². The molecule has 0 unspecified atom stereocenters. The van der Waals surface area contributed by atoms with E-state index >= 15 is 0 Å². The quantitative estimate of drug-likeness (QED) is 0.707. The molecule has 0 aliphatic rings. The Kier molecular flexibility index (Phi) is 3.67. The minimum atomic E-state index is -1.01. The van der Waals surface area contributed by atoms with Crippen molar-refractivity contribution >= 4 is 12.3 Å². The molecule has 1 N–H and O–H groups in total. The van der Waals surface area contributed by atoms with E-state index < -0.39 is 5.97 Å². The van der Waals surface area contributed by atoms with Gasteiger partial charge in [-0.05, 0) is 17.7 Å². The number of carbonyl (C=O) groups excluding carboxylic acids is 1. The highest BCUT2D eigenvalue weighted by Gasteiger charge is 1.98. The van der Waals surface area contributed by atoms with Crippen molar-refractivity contribution in [3.63, 3.8) is 0 Å². The van der Waals surface area contributed by atoms with Crippen LogP contribution in [0.5, 0.6) is 5.75 Å². The van der Waals surface area contributed by atoms with Gasteiger partial charge in [0, 0.05) is 6.42 Å². The van der Waals surface area contributed by atoms with Crippen LogP contribution in [0.2, 0.25) is 0 Å². The van der Waals surface area contributed by atoms with Crippen molar-refractivity contribution < 1.29 is 19.4 Å². The molecule has 1 aromatic carbocycles. The van der Waals surface area contributed by atoms with E-state index in [1.807, 2.05) is 0 Å². The van der Waals surface area contributed by atoms with E-state index in [9.17, 15) is 9.59 Å². The van der Waals surface area contributed by atoms with Crippen LogP contribution in [0.1, 0.15) is 5.56 Å². The molecule has 0 spiro atoms. The Morgan fingerprint density at radius 2 is 2.00 bits per heavy atom. The van der Waals surface area contributed by atoms with Crippen LogP contribution in [0.25, 0.3) is 0 Å². The molecule has 14 heavy (non-hydrogen) atoms. The molecule has 0 aromatic heterocycles. The third-order valence-electron chi connectivity index (χ3n) is 1.60. The van der Waals surface area contributed by atoms with Gasteiger partial charge in [0.05, 0.1) is 0 Å². The van der Waals surface area contributed by atoms with Gasteiger partial charge in [0.25, 0.3) is 0 Å². The maximum absolute atomic E-state index is 10.2. The van der Waals surface area contributed by atoms with Crippen LogP contribution in [-0.2, 0) is 16.0 Å². The van der Waals surface area contributed by atoms with Gasteiger partial charge in [-0.2, -0.15) is 0 Å². The molecule has 1 aromatic rings. The molecule has 0 fully saturated rings. The Balaban J connectivity index is 2.54. The first-order valence-corrected chi connectivity index (χ1v) is 4.09. The molecule has 0 saturated carbocycles. The summed E-state index contributed by atoms with van der Waals surface area (Å²) in [6.45, 7) is -0.354. The SMILES string of the molecule is O=CCc1ccc(OCC(=O)O)cc1. The molecular formula is C10H10O4. The molecule has 0 atom stereocenters. The largest absolute Gasteiger partial charge is 0.482 e. The summed E-state index contributed by atoms with van der Waals surface area (Å²) in [5.74, 6) is -0.524. The highest BCUT2D eigenvalue weighted by Crippen LogP contribution is 2.11. The summed E-state index contributed by atoms with van der Waals surface area (Å²) in [6, 6.07) is 6.74. The fraction of sp³-hybridized carbons (Fsp3) is 0.200.